The highest BCUT2D eigenvalue weighted by Gasteiger charge is 2.11. The molecule has 0 heterocycles. The van der Waals surface area contributed by atoms with Crippen LogP contribution in [0.3, 0.4) is 0 Å². The molecular weight excluding hydrogens is 254 g/mol. The molecule has 0 aliphatic carbocycles. The van der Waals surface area contributed by atoms with Crippen LogP contribution in [0.5, 0.6) is 5.75 Å². The first-order valence-electron chi connectivity index (χ1n) is 5.72. The number of rotatable bonds is 7. The molecule has 0 saturated carbocycles. The van der Waals surface area contributed by atoms with E-state index in [1.54, 1.807) is 6.07 Å². The maximum atomic E-state index is 10.8. The molecule has 6 heteroatoms. The zero-order chi connectivity index (χ0) is 13.5. The molecule has 0 fully saturated rings. The van der Waals surface area contributed by atoms with Crippen molar-refractivity contribution in [2.24, 2.45) is 5.92 Å². The van der Waals surface area contributed by atoms with E-state index in [2.05, 4.69) is 0 Å². The number of nitro benzene ring substituents is 1. The van der Waals surface area contributed by atoms with Crippen LogP contribution in [0.25, 0.3) is 0 Å². The van der Waals surface area contributed by atoms with Gasteiger partial charge in [-0.2, -0.15) is 0 Å². The number of ether oxygens (including phenoxy) is 1. The smallest absolute Gasteiger partial charge is 0.274 e. The Morgan fingerprint density at radius 2 is 2.22 bits per heavy atom. The van der Waals surface area contributed by atoms with Crippen molar-refractivity contribution in [1.82, 2.24) is 0 Å². The molecule has 0 aliphatic rings. The van der Waals surface area contributed by atoms with E-state index in [1.165, 1.54) is 23.9 Å². The van der Waals surface area contributed by atoms with Gasteiger partial charge in [-0.25, -0.2) is 0 Å². The molecule has 1 atom stereocenters. The van der Waals surface area contributed by atoms with Crippen molar-refractivity contribution in [3.05, 3.63) is 28.3 Å². The quantitative estimate of drug-likeness (QED) is 0.469. The van der Waals surface area contributed by atoms with E-state index < -0.39 is 4.92 Å². The van der Waals surface area contributed by atoms with Crippen molar-refractivity contribution < 1.29 is 14.8 Å². The zero-order valence-electron chi connectivity index (χ0n) is 10.5. The van der Waals surface area contributed by atoms with E-state index in [0.717, 1.165) is 4.90 Å². The van der Waals surface area contributed by atoms with Crippen molar-refractivity contribution >= 4 is 17.4 Å². The molecule has 5 nitrogen and oxygen atoms in total. The van der Waals surface area contributed by atoms with Crippen molar-refractivity contribution in [1.29, 1.82) is 0 Å². The molecule has 1 aromatic carbocycles. The average molecular weight is 271 g/mol. The lowest BCUT2D eigenvalue weighted by Gasteiger charge is -2.09. The molecular formula is C12H17NO4S. The third kappa shape index (κ3) is 4.54. The summed E-state index contributed by atoms with van der Waals surface area (Å²) in [5, 5.41) is 19.8. The van der Waals surface area contributed by atoms with E-state index >= 15 is 0 Å². The molecule has 1 rings (SSSR count). The fourth-order valence-electron chi connectivity index (χ4n) is 1.29. The highest BCUT2D eigenvalue weighted by atomic mass is 32.2. The first-order valence-corrected chi connectivity index (χ1v) is 6.71. The number of hydrogen-bond donors (Lipinski definition) is 1. The fraction of sp³-hybridized carbons (Fsp3) is 0.500. The summed E-state index contributed by atoms with van der Waals surface area (Å²) >= 11 is 1.48. The number of nitrogens with zero attached hydrogens (tertiary/aromatic N) is 1. The molecule has 1 unspecified atom stereocenters. The lowest BCUT2D eigenvalue weighted by atomic mass is 10.2. The van der Waals surface area contributed by atoms with E-state index in [9.17, 15) is 10.1 Å². The molecule has 1 aromatic rings. The maximum Gasteiger partial charge on any atom is 0.274 e. The maximum absolute atomic E-state index is 10.8. The summed E-state index contributed by atoms with van der Waals surface area (Å²) in [6, 6.07) is 4.73. The molecule has 0 radical (unpaired) electrons. The molecule has 0 bridgehead atoms. The van der Waals surface area contributed by atoms with Gasteiger partial charge in [-0.1, -0.05) is 6.92 Å². The third-order valence-electron chi connectivity index (χ3n) is 2.23. The second-order valence-electron chi connectivity index (χ2n) is 3.95. The standard InChI is InChI=1S/C12H17NO4S/c1-3-17-11-4-10(13(15)16)5-12(6-11)18-8-9(2)7-14/h4-6,9,14H,3,7-8H2,1-2H3. The van der Waals surface area contributed by atoms with E-state index in [4.69, 9.17) is 9.84 Å². The molecule has 0 saturated heterocycles. The Hall–Kier alpha value is -1.27. The van der Waals surface area contributed by atoms with Crippen LogP contribution in [-0.2, 0) is 0 Å². The molecule has 100 valence electrons. The number of aliphatic hydroxyl groups excluding tert-OH is 1. The van der Waals surface area contributed by atoms with Crippen LogP contribution in [0.1, 0.15) is 13.8 Å². The predicted octanol–water partition coefficient (Wildman–Crippen LogP) is 2.71. The summed E-state index contributed by atoms with van der Waals surface area (Å²) in [5.41, 5.74) is 0.0279. The third-order valence-corrected chi connectivity index (χ3v) is 3.54. The average Bonchev–Trinajstić information content (AvgIpc) is 2.36. The van der Waals surface area contributed by atoms with Crippen LogP contribution >= 0.6 is 11.8 Å². The molecule has 0 amide bonds. The van der Waals surface area contributed by atoms with Gasteiger partial charge in [0.2, 0.25) is 0 Å². The van der Waals surface area contributed by atoms with Crippen LogP contribution in [0.2, 0.25) is 0 Å². The van der Waals surface area contributed by atoms with Gasteiger partial charge in [0.15, 0.2) is 0 Å². The second kappa shape index (κ2) is 7.23. The summed E-state index contributed by atoms with van der Waals surface area (Å²) in [6.45, 7) is 4.34. The summed E-state index contributed by atoms with van der Waals surface area (Å²) in [7, 11) is 0. The van der Waals surface area contributed by atoms with Crippen molar-refractivity contribution in [2.75, 3.05) is 19.0 Å². The Kier molecular flexibility index (Phi) is 5.94. The van der Waals surface area contributed by atoms with Crippen molar-refractivity contribution in [2.45, 2.75) is 18.7 Å². The van der Waals surface area contributed by atoms with Gasteiger partial charge in [-0.3, -0.25) is 10.1 Å². The SMILES string of the molecule is CCOc1cc(SCC(C)CO)cc([N+](=O)[O-])c1. The zero-order valence-corrected chi connectivity index (χ0v) is 11.3. The Morgan fingerprint density at radius 3 is 2.78 bits per heavy atom. The minimum atomic E-state index is -0.429. The van der Waals surface area contributed by atoms with Gasteiger partial charge in [0.1, 0.15) is 5.75 Å². The lowest BCUT2D eigenvalue weighted by molar-refractivity contribution is -0.385. The Bertz CT molecular complexity index is 411. The summed E-state index contributed by atoms with van der Waals surface area (Å²) in [5.74, 6) is 1.37. The van der Waals surface area contributed by atoms with Crippen LogP contribution in [0, 0.1) is 16.0 Å². The van der Waals surface area contributed by atoms with Crippen molar-refractivity contribution in [3.63, 3.8) is 0 Å². The first-order chi connectivity index (χ1) is 8.56. The van der Waals surface area contributed by atoms with Crippen LogP contribution in [0.4, 0.5) is 5.69 Å². The first kappa shape index (κ1) is 14.8. The molecule has 0 spiro atoms. The predicted molar refractivity (Wildman–Crippen MR) is 71.2 cm³/mol. The molecule has 0 aromatic heterocycles. The van der Waals surface area contributed by atoms with Crippen LogP contribution in [-0.4, -0.2) is 29.0 Å². The topological polar surface area (TPSA) is 72.6 Å². The van der Waals surface area contributed by atoms with E-state index in [1.807, 2.05) is 13.8 Å². The molecule has 1 N–H and O–H groups in total. The number of hydrogen-bond acceptors (Lipinski definition) is 5. The number of aliphatic hydroxyl groups is 1. The summed E-state index contributed by atoms with van der Waals surface area (Å²) in [6.07, 6.45) is 0. The van der Waals surface area contributed by atoms with Crippen LogP contribution < -0.4 is 4.74 Å². The minimum absolute atomic E-state index is 0.0279. The van der Waals surface area contributed by atoms with E-state index in [-0.39, 0.29) is 18.2 Å². The number of benzene rings is 1. The highest BCUT2D eigenvalue weighted by Crippen LogP contribution is 2.30. The number of thioether (sulfide) groups is 1. The largest absolute Gasteiger partial charge is 0.494 e. The molecule has 0 aliphatic heterocycles. The number of nitro groups is 1. The van der Waals surface area contributed by atoms with Gasteiger partial charge in [0.25, 0.3) is 5.69 Å². The Morgan fingerprint density at radius 1 is 1.50 bits per heavy atom. The second-order valence-corrected chi connectivity index (χ2v) is 5.04. The normalized spacial score (nSPS) is 12.2. The van der Waals surface area contributed by atoms with Gasteiger partial charge in [-0.15, -0.1) is 11.8 Å². The van der Waals surface area contributed by atoms with Gasteiger partial charge in [0, 0.05) is 23.3 Å². The minimum Gasteiger partial charge on any atom is -0.494 e. The monoisotopic (exact) mass is 271 g/mol. The fourth-order valence-corrected chi connectivity index (χ4v) is 2.27. The van der Waals surface area contributed by atoms with Gasteiger partial charge in [0.05, 0.1) is 17.6 Å². The van der Waals surface area contributed by atoms with Gasteiger partial charge >= 0.3 is 0 Å². The number of non-ortho nitro benzene ring substituents is 1. The van der Waals surface area contributed by atoms with E-state index in [0.29, 0.717) is 18.1 Å². The van der Waals surface area contributed by atoms with Crippen molar-refractivity contribution in [3.8, 4) is 5.75 Å². The Labute approximate surface area is 110 Å². The highest BCUT2D eigenvalue weighted by molar-refractivity contribution is 7.99. The van der Waals surface area contributed by atoms with Crippen LogP contribution in [0.15, 0.2) is 23.1 Å². The Balaban J connectivity index is 2.85. The lowest BCUT2D eigenvalue weighted by Crippen LogP contribution is -2.03. The summed E-state index contributed by atoms with van der Waals surface area (Å²) in [4.78, 5) is 11.2. The summed E-state index contributed by atoms with van der Waals surface area (Å²) < 4.78 is 5.30. The molecule has 18 heavy (non-hydrogen) atoms. The van der Waals surface area contributed by atoms with Gasteiger partial charge < -0.3 is 9.84 Å². The van der Waals surface area contributed by atoms with Gasteiger partial charge in [-0.05, 0) is 18.9 Å².